The molecule has 0 radical (unpaired) electrons. The largest absolute Gasteiger partial charge is 0.476 e. The zero-order chi connectivity index (χ0) is 31.7. The van der Waals surface area contributed by atoms with Crippen molar-refractivity contribution >= 4 is 49.8 Å². The molecule has 0 saturated heterocycles. The monoisotopic (exact) mass is 631 g/mol. The maximum absolute atomic E-state index is 14.8. The topological polar surface area (TPSA) is 178 Å². The summed E-state index contributed by atoms with van der Waals surface area (Å²) in [6.07, 6.45) is 2.26. The molecule has 6 N–H and O–H groups in total. The first-order valence-electron chi connectivity index (χ1n) is 13.2. The predicted molar refractivity (Wildman–Crippen MR) is 160 cm³/mol. The van der Waals surface area contributed by atoms with Gasteiger partial charge in [0.25, 0.3) is 5.91 Å². The lowest BCUT2D eigenvalue weighted by atomic mass is 9.92. The van der Waals surface area contributed by atoms with Crippen molar-refractivity contribution in [3.8, 4) is 0 Å². The van der Waals surface area contributed by atoms with E-state index in [9.17, 15) is 31.9 Å². The molecule has 0 bridgehead atoms. The number of nitrogens with zero attached hydrogens (tertiary/aromatic N) is 2. The Morgan fingerprint density at radius 1 is 1.14 bits per heavy atom. The number of thiazole rings is 1. The van der Waals surface area contributed by atoms with Crippen LogP contribution in [-0.4, -0.2) is 41.6 Å². The van der Waals surface area contributed by atoms with Gasteiger partial charge in [-0.25, -0.2) is 37.1 Å². The number of amides is 1. The highest BCUT2D eigenvalue weighted by atomic mass is 32.2. The van der Waals surface area contributed by atoms with Crippen LogP contribution in [0.15, 0.2) is 57.2 Å². The molecule has 10 nitrogen and oxygen atoms in total. The van der Waals surface area contributed by atoms with E-state index in [1.54, 1.807) is 20.8 Å². The van der Waals surface area contributed by atoms with Crippen molar-refractivity contribution in [1.29, 1.82) is 0 Å². The summed E-state index contributed by atoms with van der Waals surface area (Å²) in [6.45, 7) is 5.27. The number of hydrogen-bond acceptors (Lipinski definition) is 8. The third kappa shape index (κ3) is 8.30. The lowest BCUT2D eigenvalue weighted by Gasteiger charge is -2.21. The molecule has 0 atom stereocenters. The SMILES string of the molecule is CC(C)(C)NC(=O)c1cc(C(N)=C(Cc2ccc(S(N)(=O)=O)c(F)c2)C(CC2CC2)=Nc2nc(C(=O)O)cs2)ccc1F. The summed E-state index contributed by atoms with van der Waals surface area (Å²) in [4.78, 5) is 32.3. The smallest absolute Gasteiger partial charge is 0.355 e. The second kappa shape index (κ2) is 12.3. The Bertz CT molecular complexity index is 1760. The Balaban J connectivity index is 1.88. The van der Waals surface area contributed by atoms with Crippen LogP contribution < -0.4 is 16.2 Å². The molecule has 0 unspecified atom stereocenters. The molecule has 228 valence electrons. The van der Waals surface area contributed by atoms with Gasteiger partial charge in [0, 0.05) is 34.3 Å². The number of aromatic carboxylic acids is 1. The molecule has 1 aliphatic rings. The molecule has 43 heavy (non-hydrogen) atoms. The molecular formula is C29H31F2N5O5S2. The predicted octanol–water partition coefficient (Wildman–Crippen LogP) is 4.78. The summed E-state index contributed by atoms with van der Waals surface area (Å²) >= 11 is 1.02. The number of aliphatic imine (C=N–C) groups is 1. The first-order valence-corrected chi connectivity index (χ1v) is 15.6. The number of hydrogen-bond donors (Lipinski definition) is 4. The number of aromatic nitrogens is 1. The zero-order valence-electron chi connectivity index (χ0n) is 23.6. The number of nitrogens with one attached hydrogen (secondary N) is 1. The number of halogens is 2. The molecule has 1 amide bonds. The fourth-order valence-electron chi connectivity index (χ4n) is 4.25. The van der Waals surface area contributed by atoms with Crippen LogP contribution in [0, 0.1) is 17.6 Å². The van der Waals surface area contributed by atoms with E-state index in [2.05, 4.69) is 15.3 Å². The van der Waals surface area contributed by atoms with Crippen molar-refractivity contribution in [1.82, 2.24) is 10.3 Å². The first-order chi connectivity index (χ1) is 20.0. The fraction of sp³-hybridized carbons (Fsp3) is 0.310. The highest BCUT2D eigenvalue weighted by Crippen LogP contribution is 2.36. The van der Waals surface area contributed by atoms with E-state index >= 15 is 0 Å². The van der Waals surface area contributed by atoms with Gasteiger partial charge in [0.2, 0.25) is 15.2 Å². The summed E-state index contributed by atoms with van der Waals surface area (Å²) in [6, 6.07) is 7.32. The Kier molecular flexibility index (Phi) is 9.13. The number of carbonyl (C=O) groups excluding carboxylic acids is 1. The van der Waals surface area contributed by atoms with Crippen LogP contribution in [0.25, 0.3) is 5.70 Å². The van der Waals surface area contributed by atoms with Crippen LogP contribution in [-0.2, 0) is 16.4 Å². The van der Waals surface area contributed by atoms with E-state index in [-0.39, 0.29) is 34.4 Å². The molecule has 1 aliphatic carbocycles. The van der Waals surface area contributed by atoms with E-state index in [1.165, 1.54) is 23.6 Å². The summed E-state index contributed by atoms with van der Waals surface area (Å²) in [7, 11) is -4.30. The molecule has 14 heteroatoms. The van der Waals surface area contributed by atoms with Crippen molar-refractivity contribution in [2.45, 2.75) is 56.9 Å². The number of carbonyl (C=O) groups is 2. The molecule has 1 aromatic heterocycles. The van der Waals surface area contributed by atoms with E-state index < -0.39 is 44.0 Å². The van der Waals surface area contributed by atoms with Crippen LogP contribution in [0.5, 0.6) is 0 Å². The van der Waals surface area contributed by atoms with E-state index in [1.807, 2.05) is 0 Å². The van der Waals surface area contributed by atoms with Crippen LogP contribution in [0.2, 0.25) is 0 Å². The van der Waals surface area contributed by atoms with Crippen LogP contribution >= 0.6 is 11.3 Å². The highest BCUT2D eigenvalue weighted by Gasteiger charge is 2.28. The van der Waals surface area contributed by atoms with E-state index in [4.69, 9.17) is 10.9 Å². The van der Waals surface area contributed by atoms with Gasteiger partial charge >= 0.3 is 5.97 Å². The van der Waals surface area contributed by atoms with Gasteiger partial charge in [-0.2, -0.15) is 0 Å². The molecule has 4 rings (SSSR count). The molecule has 1 fully saturated rings. The molecule has 0 aliphatic heterocycles. The Labute approximate surface area is 251 Å². The van der Waals surface area contributed by atoms with Crippen LogP contribution in [0.1, 0.15) is 72.0 Å². The fourth-order valence-corrected chi connectivity index (χ4v) is 5.52. The van der Waals surface area contributed by atoms with Crippen molar-refractivity contribution in [3.05, 3.63) is 81.4 Å². The molecular weight excluding hydrogens is 600 g/mol. The Hall–Kier alpha value is -4.01. The van der Waals surface area contributed by atoms with Crippen molar-refractivity contribution in [2.24, 2.45) is 21.8 Å². The summed E-state index contributed by atoms with van der Waals surface area (Å²) in [5.41, 5.74) is 7.26. The van der Waals surface area contributed by atoms with E-state index in [0.29, 0.717) is 28.8 Å². The van der Waals surface area contributed by atoms with Gasteiger partial charge in [0.1, 0.15) is 16.5 Å². The molecule has 0 spiro atoms. The number of benzene rings is 2. The van der Waals surface area contributed by atoms with Gasteiger partial charge in [-0.1, -0.05) is 6.07 Å². The average molecular weight is 632 g/mol. The number of carboxylic acids is 1. The van der Waals surface area contributed by atoms with Gasteiger partial charge in [-0.3, -0.25) is 4.79 Å². The first kappa shape index (κ1) is 31.9. The second-order valence-corrected chi connectivity index (χ2v) is 13.7. The summed E-state index contributed by atoms with van der Waals surface area (Å²) < 4.78 is 53.1. The minimum absolute atomic E-state index is 0.0305. The summed E-state index contributed by atoms with van der Waals surface area (Å²) in [5.74, 6) is -3.39. The molecule has 3 aromatic rings. The Morgan fingerprint density at radius 2 is 1.84 bits per heavy atom. The van der Waals surface area contributed by atoms with Gasteiger partial charge in [0.05, 0.1) is 5.56 Å². The quantitative estimate of drug-likeness (QED) is 0.233. The van der Waals surface area contributed by atoms with Gasteiger partial charge in [0.15, 0.2) is 5.69 Å². The second-order valence-electron chi connectivity index (χ2n) is 11.3. The van der Waals surface area contributed by atoms with Gasteiger partial charge in [-0.15, -0.1) is 11.3 Å². The lowest BCUT2D eigenvalue weighted by Crippen LogP contribution is -2.41. The third-order valence-electron chi connectivity index (χ3n) is 6.49. The summed E-state index contributed by atoms with van der Waals surface area (Å²) in [5, 5.41) is 18.7. The zero-order valence-corrected chi connectivity index (χ0v) is 25.3. The number of allylic oxidation sites excluding steroid dienone is 1. The molecule has 1 saturated carbocycles. The number of nitrogens with two attached hydrogens (primary N) is 2. The maximum atomic E-state index is 14.8. The number of rotatable bonds is 10. The van der Waals surface area contributed by atoms with Crippen LogP contribution in [0.3, 0.4) is 0 Å². The number of sulfonamides is 1. The standard InChI is InChI=1S/C29H31F2N5O5S2/c1-29(2,3)36-26(37)18-13-17(7-8-20(18)30)25(32)19(10-16-6-9-24(21(31)11-16)43(33,40)41)22(12-15-4-5-15)34-28-35-23(14-42-28)27(38)39/h6-9,11,13-15H,4-5,10,12,32H2,1-3H3,(H,36,37)(H,38,39)(H2,33,40,41). The van der Waals surface area contributed by atoms with Gasteiger partial charge < -0.3 is 16.2 Å². The molecule has 1 heterocycles. The Morgan fingerprint density at radius 3 is 2.40 bits per heavy atom. The minimum atomic E-state index is -4.30. The van der Waals surface area contributed by atoms with Gasteiger partial charge in [-0.05, 0) is 87.4 Å². The van der Waals surface area contributed by atoms with Crippen molar-refractivity contribution in [3.63, 3.8) is 0 Å². The average Bonchev–Trinajstić information content (AvgIpc) is 3.58. The highest BCUT2D eigenvalue weighted by molar-refractivity contribution is 7.89. The maximum Gasteiger partial charge on any atom is 0.355 e. The number of primary sulfonamides is 1. The van der Waals surface area contributed by atoms with E-state index in [0.717, 1.165) is 42.4 Å². The third-order valence-corrected chi connectivity index (χ3v) is 8.17. The normalized spacial score (nSPS) is 14.8. The van der Waals surface area contributed by atoms with Crippen molar-refractivity contribution < 1.29 is 31.9 Å². The lowest BCUT2D eigenvalue weighted by molar-refractivity contribution is 0.0691. The van der Waals surface area contributed by atoms with Crippen LogP contribution in [0.4, 0.5) is 13.9 Å². The minimum Gasteiger partial charge on any atom is -0.476 e. The number of carboxylic acid groups (broad SMARTS) is 1. The molecule has 2 aromatic carbocycles. The van der Waals surface area contributed by atoms with Crippen molar-refractivity contribution in [2.75, 3.05) is 0 Å².